The Labute approximate surface area is 218 Å². The van der Waals surface area contributed by atoms with E-state index in [1.54, 1.807) is 12.3 Å². The molecule has 5 rings (SSSR count). The van der Waals surface area contributed by atoms with E-state index in [0.29, 0.717) is 21.4 Å². The molecule has 1 unspecified atom stereocenters. The maximum Gasteiger partial charge on any atom is 0.333 e. The molecule has 0 bridgehead atoms. The van der Waals surface area contributed by atoms with Gasteiger partial charge in [0.25, 0.3) is 0 Å². The van der Waals surface area contributed by atoms with Gasteiger partial charge in [-0.2, -0.15) is 28.4 Å². The second kappa shape index (κ2) is 10.6. The van der Waals surface area contributed by atoms with Gasteiger partial charge >= 0.3 is 6.55 Å². The highest BCUT2D eigenvalue weighted by molar-refractivity contribution is 6.31. The minimum Gasteiger partial charge on any atom is -0.618 e. The summed E-state index contributed by atoms with van der Waals surface area (Å²) in [6, 6.07) is 6.84. The molecule has 15 heteroatoms. The third-order valence-corrected chi connectivity index (χ3v) is 6.20. The third kappa shape index (κ3) is 4.70. The summed E-state index contributed by atoms with van der Waals surface area (Å²) in [5.74, 6) is -0.740. The Morgan fingerprint density at radius 2 is 1.97 bits per heavy atom. The maximum absolute atomic E-state index is 15.2. The molecule has 1 aromatic carbocycles. The molecule has 0 aliphatic heterocycles. The molecule has 196 valence electrons. The van der Waals surface area contributed by atoms with Crippen LogP contribution >= 0.6 is 11.6 Å². The lowest BCUT2D eigenvalue weighted by Crippen LogP contribution is -2.36. The van der Waals surface area contributed by atoms with Crippen LogP contribution in [0.3, 0.4) is 0 Å². The van der Waals surface area contributed by atoms with Crippen molar-refractivity contribution in [3.05, 3.63) is 83.2 Å². The number of hydrogen-bond acceptors (Lipinski definition) is 7. The van der Waals surface area contributed by atoms with E-state index in [1.165, 1.54) is 65.7 Å². The highest BCUT2D eigenvalue weighted by Crippen LogP contribution is 2.34. The summed E-state index contributed by atoms with van der Waals surface area (Å²) in [6.07, 6.45) is 7.09. The zero-order valence-corrected chi connectivity index (χ0v) is 20.5. The number of benzene rings is 1. The Bertz CT molecular complexity index is 1560. The van der Waals surface area contributed by atoms with Crippen molar-refractivity contribution in [2.45, 2.75) is 19.0 Å². The van der Waals surface area contributed by atoms with Crippen molar-refractivity contribution in [3.8, 4) is 28.1 Å². The van der Waals surface area contributed by atoms with Gasteiger partial charge in [-0.25, -0.2) is 9.07 Å². The predicted molar refractivity (Wildman–Crippen MR) is 128 cm³/mol. The van der Waals surface area contributed by atoms with Gasteiger partial charge in [-0.3, -0.25) is 4.68 Å². The first-order valence-corrected chi connectivity index (χ1v) is 11.6. The van der Waals surface area contributed by atoms with Crippen LogP contribution in [0.5, 0.6) is 0 Å². The van der Waals surface area contributed by atoms with Crippen LogP contribution in [0.1, 0.15) is 24.7 Å². The molecule has 0 aliphatic rings. The molecular formula is C23H19ClF3N9O2. The Morgan fingerprint density at radius 1 is 1.13 bits per heavy atom. The van der Waals surface area contributed by atoms with Crippen LogP contribution in [0, 0.1) is 11.0 Å². The number of aromatic nitrogens is 9. The third-order valence-electron chi connectivity index (χ3n) is 5.91. The Hall–Kier alpha value is -4.30. The molecule has 0 aliphatic carbocycles. The highest BCUT2D eigenvalue weighted by atomic mass is 35.5. The maximum atomic E-state index is 15.2. The Morgan fingerprint density at radius 3 is 2.68 bits per heavy atom. The van der Waals surface area contributed by atoms with Crippen molar-refractivity contribution in [3.63, 3.8) is 0 Å². The minimum absolute atomic E-state index is 0.0380. The van der Waals surface area contributed by atoms with Crippen molar-refractivity contribution in [2.24, 2.45) is 0 Å². The van der Waals surface area contributed by atoms with Crippen LogP contribution in [-0.2, 0) is 4.74 Å². The van der Waals surface area contributed by atoms with Crippen LogP contribution in [0.15, 0.2) is 61.4 Å². The summed E-state index contributed by atoms with van der Waals surface area (Å²) in [7, 11) is 1.52. The molecule has 38 heavy (non-hydrogen) atoms. The van der Waals surface area contributed by atoms with Gasteiger partial charge in [-0.1, -0.05) is 11.6 Å². The minimum atomic E-state index is -2.82. The average molecular weight is 546 g/mol. The summed E-state index contributed by atoms with van der Waals surface area (Å²) >= 11 is 6.03. The normalized spacial score (nSPS) is 12.4. The van der Waals surface area contributed by atoms with Crippen LogP contribution < -0.4 is 4.73 Å². The van der Waals surface area contributed by atoms with Crippen LogP contribution in [0.2, 0.25) is 5.02 Å². The standard InChI is InChI=1S/C23H19ClF3N9O2/c1-38-9-7-18(33-11-15(10-30-33)17-6-8-29-36(17)23(26)27)19-4-2-14(12-35(19)37)21-20(34-13-28-31-32-34)5-3-16(24)22(21)25/h2-6,8,10-13,18,23H,7,9H2,1H3. The van der Waals surface area contributed by atoms with Gasteiger partial charge in [-0.15, -0.1) is 5.10 Å². The molecule has 0 fully saturated rings. The van der Waals surface area contributed by atoms with Crippen LogP contribution in [-0.4, -0.2) is 53.5 Å². The fourth-order valence-electron chi connectivity index (χ4n) is 4.16. The second-order valence-corrected chi connectivity index (χ2v) is 8.53. The Kier molecular flexibility index (Phi) is 7.07. The smallest absolute Gasteiger partial charge is 0.333 e. The number of rotatable bonds is 9. The van der Waals surface area contributed by atoms with Gasteiger partial charge in [0.1, 0.15) is 12.4 Å². The summed E-state index contributed by atoms with van der Waals surface area (Å²) in [5, 5.41) is 32.1. The molecule has 4 aromatic heterocycles. The van der Waals surface area contributed by atoms with Crippen molar-refractivity contribution in [1.29, 1.82) is 0 Å². The van der Waals surface area contributed by atoms with Crippen molar-refractivity contribution in [1.82, 2.24) is 39.8 Å². The van der Waals surface area contributed by atoms with Gasteiger partial charge in [0, 0.05) is 44.2 Å². The SMILES string of the molecule is COCCC(c1ccc(-c2c(-n3cnnn3)ccc(Cl)c2F)c[n+]1[O-])n1cc(-c2ccnn2C(F)F)cn1. The molecular weight excluding hydrogens is 527 g/mol. The molecule has 5 aromatic rings. The van der Waals surface area contributed by atoms with Gasteiger partial charge in [0.2, 0.25) is 5.69 Å². The van der Waals surface area contributed by atoms with E-state index in [-0.39, 0.29) is 39.8 Å². The van der Waals surface area contributed by atoms with Crippen molar-refractivity contribution < 1.29 is 22.6 Å². The first-order chi connectivity index (χ1) is 18.4. The summed E-state index contributed by atoms with van der Waals surface area (Å²) in [6.45, 7) is -2.54. The molecule has 0 N–H and O–H groups in total. The first-order valence-electron chi connectivity index (χ1n) is 11.2. The van der Waals surface area contributed by atoms with Crippen LogP contribution in [0.4, 0.5) is 13.2 Å². The number of halogens is 4. The molecule has 11 nitrogen and oxygen atoms in total. The number of ether oxygens (including phenoxy) is 1. The van der Waals surface area contributed by atoms with Gasteiger partial charge in [-0.05, 0) is 34.7 Å². The number of nitrogens with zero attached hydrogens (tertiary/aromatic N) is 9. The van der Waals surface area contributed by atoms with E-state index in [9.17, 15) is 14.0 Å². The lowest BCUT2D eigenvalue weighted by molar-refractivity contribution is -0.615. The first kappa shape index (κ1) is 25.4. The zero-order chi connectivity index (χ0) is 26.8. The van der Waals surface area contributed by atoms with E-state index in [2.05, 4.69) is 25.7 Å². The Balaban J connectivity index is 1.55. The topological polar surface area (TPSA) is 115 Å². The van der Waals surface area contributed by atoms with E-state index in [0.717, 1.165) is 0 Å². The van der Waals surface area contributed by atoms with E-state index in [4.69, 9.17) is 16.3 Å². The number of alkyl halides is 2. The van der Waals surface area contributed by atoms with Gasteiger partial charge in [0.15, 0.2) is 12.0 Å². The second-order valence-electron chi connectivity index (χ2n) is 8.12. The number of tetrazole rings is 1. The number of pyridine rings is 1. The monoisotopic (exact) mass is 545 g/mol. The molecule has 4 heterocycles. The molecule has 0 spiro atoms. The summed E-state index contributed by atoms with van der Waals surface area (Å²) < 4.78 is 50.9. The zero-order valence-electron chi connectivity index (χ0n) is 19.7. The molecule has 0 saturated heterocycles. The van der Waals surface area contributed by atoms with E-state index < -0.39 is 18.4 Å². The van der Waals surface area contributed by atoms with Crippen molar-refractivity contribution in [2.75, 3.05) is 13.7 Å². The predicted octanol–water partition coefficient (Wildman–Crippen LogP) is 3.84. The quantitative estimate of drug-likeness (QED) is 0.204. The average Bonchev–Trinajstić information content (AvgIpc) is 3.68. The molecule has 0 radical (unpaired) electrons. The summed E-state index contributed by atoms with van der Waals surface area (Å²) in [4.78, 5) is 0. The fraction of sp³-hybridized carbons (Fsp3) is 0.217. The number of hydrogen-bond donors (Lipinski definition) is 0. The molecule has 0 amide bonds. The molecule has 1 atom stereocenters. The van der Waals surface area contributed by atoms with E-state index in [1.807, 2.05) is 0 Å². The highest BCUT2D eigenvalue weighted by Gasteiger charge is 2.26. The molecule has 0 saturated carbocycles. The summed E-state index contributed by atoms with van der Waals surface area (Å²) in [5.41, 5.74) is 1.40. The van der Waals surface area contributed by atoms with Crippen molar-refractivity contribution >= 4 is 11.6 Å². The fourth-order valence-corrected chi connectivity index (χ4v) is 4.32. The lowest BCUT2D eigenvalue weighted by atomic mass is 10.0. The van der Waals surface area contributed by atoms with E-state index >= 15 is 4.39 Å². The lowest BCUT2D eigenvalue weighted by Gasteiger charge is -2.18. The van der Waals surface area contributed by atoms with Gasteiger partial charge in [0.05, 0.1) is 33.7 Å². The van der Waals surface area contributed by atoms with Crippen LogP contribution in [0.25, 0.3) is 28.1 Å². The largest absolute Gasteiger partial charge is 0.618 e. The number of methoxy groups -OCH3 is 1. The van der Waals surface area contributed by atoms with Gasteiger partial charge < -0.3 is 9.94 Å².